The molecule has 76 valence electrons. The Labute approximate surface area is 82.3 Å². The summed E-state index contributed by atoms with van der Waals surface area (Å²) in [6, 6.07) is 0.879. The second kappa shape index (κ2) is 4.45. The van der Waals surface area contributed by atoms with Gasteiger partial charge < -0.3 is 5.32 Å². The fourth-order valence-electron chi connectivity index (χ4n) is 2.66. The van der Waals surface area contributed by atoms with Gasteiger partial charge in [-0.05, 0) is 31.2 Å². The maximum absolute atomic E-state index is 3.70. The van der Waals surface area contributed by atoms with Crippen LogP contribution in [0.1, 0.15) is 51.9 Å². The zero-order valence-corrected chi connectivity index (χ0v) is 8.89. The standard InChI is InChI=1S/C12H23N/c1-10(11-5-2-3-6-11)9-13-12-7-4-8-12/h10-13H,2-9H2,1H3. The van der Waals surface area contributed by atoms with E-state index in [0.29, 0.717) is 0 Å². The Bertz CT molecular complexity index is 145. The number of nitrogens with one attached hydrogen (secondary N) is 1. The quantitative estimate of drug-likeness (QED) is 0.703. The number of hydrogen-bond acceptors (Lipinski definition) is 1. The second-order valence-electron chi connectivity index (χ2n) is 5.06. The van der Waals surface area contributed by atoms with Gasteiger partial charge in [0.2, 0.25) is 0 Å². The Kier molecular flexibility index (Phi) is 3.26. The van der Waals surface area contributed by atoms with Crippen molar-refractivity contribution < 1.29 is 0 Å². The highest BCUT2D eigenvalue weighted by molar-refractivity contribution is 4.79. The molecule has 0 aromatic rings. The van der Waals surface area contributed by atoms with Gasteiger partial charge in [-0.1, -0.05) is 39.0 Å². The van der Waals surface area contributed by atoms with Gasteiger partial charge in [-0.2, -0.15) is 0 Å². The summed E-state index contributed by atoms with van der Waals surface area (Å²) in [6.07, 6.45) is 10.3. The molecule has 0 bridgehead atoms. The lowest BCUT2D eigenvalue weighted by atomic mass is 9.89. The van der Waals surface area contributed by atoms with Crippen molar-refractivity contribution in [3.05, 3.63) is 0 Å². The maximum Gasteiger partial charge on any atom is 0.00671 e. The molecule has 1 atom stereocenters. The van der Waals surface area contributed by atoms with Crippen LogP contribution in [0.15, 0.2) is 0 Å². The van der Waals surface area contributed by atoms with Crippen molar-refractivity contribution in [2.75, 3.05) is 6.54 Å². The van der Waals surface area contributed by atoms with Gasteiger partial charge in [-0.25, -0.2) is 0 Å². The summed E-state index contributed by atoms with van der Waals surface area (Å²) in [5.74, 6) is 1.95. The highest BCUT2D eigenvalue weighted by Gasteiger charge is 2.23. The van der Waals surface area contributed by atoms with Crippen molar-refractivity contribution in [2.24, 2.45) is 11.8 Å². The van der Waals surface area contributed by atoms with E-state index in [1.54, 1.807) is 0 Å². The molecule has 1 unspecified atom stereocenters. The molecule has 1 nitrogen and oxygen atoms in total. The van der Waals surface area contributed by atoms with E-state index >= 15 is 0 Å². The topological polar surface area (TPSA) is 12.0 Å². The highest BCUT2D eigenvalue weighted by Crippen LogP contribution is 2.31. The third-order valence-corrected chi connectivity index (χ3v) is 4.04. The van der Waals surface area contributed by atoms with E-state index in [-0.39, 0.29) is 0 Å². The largest absolute Gasteiger partial charge is 0.314 e. The van der Waals surface area contributed by atoms with Crippen molar-refractivity contribution >= 4 is 0 Å². The summed E-state index contributed by atoms with van der Waals surface area (Å²) in [7, 11) is 0. The minimum atomic E-state index is 0.879. The lowest BCUT2D eigenvalue weighted by Crippen LogP contribution is -2.38. The Morgan fingerprint density at radius 2 is 1.77 bits per heavy atom. The van der Waals surface area contributed by atoms with Gasteiger partial charge >= 0.3 is 0 Å². The molecule has 0 amide bonds. The molecule has 0 radical (unpaired) electrons. The van der Waals surface area contributed by atoms with Gasteiger partial charge in [-0.15, -0.1) is 0 Å². The molecule has 2 aliphatic carbocycles. The second-order valence-corrected chi connectivity index (χ2v) is 5.06. The first-order valence-corrected chi connectivity index (χ1v) is 6.09. The normalized spacial score (nSPS) is 27.5. The summed E-state index contributed by atoms with van der Waals surface area (Å²) in [4.78, 5) is 0. The van der Waals surface area contributed by atoms with Crippen LogP contribution in [0.2, 0.25) is 0 Å². The van der Waals surface area contributed by atoms with Gasteiger partial charge in [-0.3, -0.25) is 0 Å². The predicted molar refractivity (Wildman–Crippen MR) is 56.8 cm³/mol. The maximum atomic E-state index is 3.70. The van der Waals surface area contributed by atoms with E-state index in [1.165, 1.54) is 51.5 Å². The number of hydrogen-bond donors (Lipinski definition) is 1. The van der Waals surface area contributed by atoms with E-state index in [9.17, 15) is 0 Å². The van der Waals surface area contributed by atoms with Crippen LogP contribution >= 0.6 is 0 Å². The average molecular weight is 181 g/mol. The summed E-state index contributed by atoms with van der Waals surface area (Å²) < 4.78 is 0. The van der Waals surface area contributed by atoms with E-state index < -0.39 is 0 Å². The monoisotopic (exact) mass is 181 g/mol. The molecule has 0 aliphatic heterocycles. The lowest BCUT2D eigenvalue weighted by Gasteiger charge is -2.29. The molecule has 2 rings (SSSR count). The molecule has 13 heavy (non-hydrogen) atoms. The van der Waals surface area contributed by atoms with E-state index in [2.05, 4.69) is 12.2 Å². The molecule has 0 aromatic heterocycles. The molecular formula is C12H23N. The van der Waals surface area contributed by atoms with Crippen LogP contribution in [0.5, 0.6) is 0 Å². The summed E-state index contributed by atoms with van der Waals surface area (Å²) in [6.45, 7) is 3.71. The first-order chi connectivity index (χ1) is 6.36. The fraction of sp³-hybridized carbons (Fsp3) is 1.00. The van der Waals surface area contributed by atoms with E-state index in [1.807, 2.05) is 0 Å². The zero-order chi connectivity index (χ0) is 9.10. The van der Waals surface area contributed by atoms with Crippen LogP contribution in [-0.4, -0.2) is 12.6 Å². The third-order valence-electron chi connectivity index (χ3n) is 4.04. The van der Waals surface area contributed by atoms with Crippen LogP contribution in [-0.2, 0) is 0 Å². The third kappa shape index (κ3) is 2.46. The molecule has 0 aromatic carbocycles. The molecule has 1 heteroatoms. The van der Waals surface area contributed by atoms with E-state index in [4.69, 9.17) is 0 Å². The van der Waals surface area contributed by atoms with Crippen LogP contribution in [0.4, 0.5) is 0 Å². The van der Waals surface area contributed by atoms with Crippen molar-refractivity contribution in [1.29, 1.82) is 0 Å². The van der Waals surface area contributed by atoms with Gasteiger partial charge in [0, 0.05) is 6.04 Å². The molecular weight excluding hydrogens is 158 g/mol. The molecule has 0 spiro atoms. The average Bonchev–Trinajstić information content (AvgIpc) is 2.52. The fourth-order valence-corrected chi connectivity index (χ4v) is 2.66. The zero-order valence-electron chi connectivity index (χ0n) is 8.89. The Balaban J connectivity index is 1.62. The molecule has 2 saturated carbocycles. The first-order valence-electron chi connectivity index (χ1n) is 6.09. The SMILES string of the molecule is CC(CNC1CCC1)C1CCCC1. The Hall–Kier alpha value is -0.0400. The van der Waals surface area contributed by atoms with Crippen molar-refractivity contribution in [3.8, 4) is 0 Å². The smallest absolute Gasteiger partial charge is 0.00671 e. The van der Waals surface area contributed by atoms with Crippen LogP contribution in [0.25, 0.3) is 0 Å². The van der Waals surface area contributed by atoms with Crippen LogP contribution in [0.3, 0.4) is 0 Å². The highest BCUT2D eigenvalue weighted by atomic mass is 14.9. The van der Waals surface area contributed by atoms with Gasteiger partial charge in [0.15, 0.2) is 0 Å². The van der Waals surface area contributed by atoms with Gasteiger partial charge in [0.1, 0.15) is 0 Å². The van der Waals surface area contributed by atoms with Gasteiger partial charge in [0.25, 0.3) is 0 Å². The molecule has 0 heterocycles. The summed E-state index contributed by atoms with van der Waals surface area (Å²) in [5, 5.41) is 3.70. The number of rotatable bonds is 4. The summed E-state index contributed by atoms with van der Waals surface area (Å²) in [5.41, 5.74) is 0. The summed E-state index contributed by atoms with van der Waals surface area (Å²) >= 11 is 0. The molecule has 1 N–H and O–H groups in total. The molecule has 0 saturated heterocycles. The lowest BCUT2D eigenvalue weighted by molar-refractivity contribution is 0.283. The minimum absolute atomic E-state index is 0.879. The molecule has 2 fully saturated rings. The van der Waals surface area contributed by atoms with Crippen molar-refractivity contribution in [2.45, 2.75) is 57.9 Å². The predicted octanol–water partition coefficient (Wildman–Crippen LogP) is 2.95. The Morgan fingerprint density at radius 1 is 1.08 bits per heavy atom. The first kappa shape index (κ1) is 9.51. The van der Waals surface area contributed by atoms with E-state index in [0.717, 1.165) is 17.9 Å². The van der Waals surface area contributed by atoms with Gasteiger partial charge in [0.05, 0.1) is 0 Å². The minimum Gasteiger partial charge on any atom is -0.314 e. The molecule has 2 aliphatic rings. The van der Waals surface area contributed by atoms with Crippen molar-refractivity contribution in [1.82, 2.24) is 5.32 Å². The Morgan fingerprint density at radius 3 is 2.31 bits per heavy atom. The van der Waals surface area contributed by atoms with Crippen molar-refractivity contribution in [3.63, 3.8) is 0 Å². The van der Waals surface area contributed by atoms with Crippen LogP contribution < -0.4 is 5.32 Å². The van der Waals surface area contributed by atoms with Crippen LogP contribution in [0, 0.1) is 11.8 Å².